The van der Waals surface area contributed by atoms with Crippen molar-refractivity contribution < 1.29 is 27.9 Å². The molecule has 42 heavy (non-hydrogen) atoms. The zero-order valence-corrected chi connectivity index (χ0v) is 23.2. The second kappa shape index (κ2) is 12.4. The van der Waals surface area contributed by atoms with Gasteiger partial charge in [0.2, 0.25) is 5.91 Å². The van der Waals surface area contributed by atoms with E-state index < -0.39 is 29.8 Å². The number of alkyl halides is 3. The molecule has 220 valence electrons. The Hall–Kier alpha value is -4.15. The molecule has 1 fully saturated rings. The van der Waals surface area contributed by atoms with Crippen LogP contribution in [0.15, 0.2) is 72.9 Å². The van der Waals surface area contributed by atoms with Crippen molar-refractivity contribution in [3.8, 4) is 0 Å². The van der Waals surface area contributed by atoms with Gasteiger partial charge in [0.15, 0.2) is 0 Å². The number of anilines is 1. The number of aliphatic hydroxyl groups excluding tert-OH is 1. The number of rotatable bonds is 10. The maximum Gasteiger partial charge on any atom is 0.416 e. The number of nitrogens with one attached hydrogen (secondary N) is 3. The molecule has 2 atom stereocenters. The third kappa shape index (κ3) is 6.66. The number of benzene rings is 3. The molecule has 2 amide bonds. The topological polar surface area (TPSA) is 97.5 Å². The highest BCUT2D eigenvalue weighted by atomic mass is 19.4. The predicted molar refractivity (Wildman–Crippen MR) is 155 cm³/mol. The van der Waals surface area contributed by atoms with E-state index in [4.69, 9.17) is 0 Å². The van der Waals surface area contributed by atoms with Gasteiger partial charge in [0, 0.05) is 43.2 Å². The first-order valence-electron chi connectivity index (χ1n) is 13.9. The van der Waals surface area contributed by atoms with Crippen molar-refractivity contribution in [1.29, 1.82) is 0 Å². The molecule has 0 unspecified atom stereocenters. The Kier molecular flexibility index (Phi) is 8.65. The highest BCUT2D eigenvalue weighted by Crippen LogP contribution is 2.33. The van der Waals surface area contributed by atoms with Crippen molar-refractivity contribution in [2.75, 3.05) is 18.0 Å². The number of nitrogens with zero attached hydrogens (tertiary/aromatic N) is 1. The summed E-state index contributed by atoms with van der Waals surface area (Å²) in [6.45, 7) is 2.65. The van der Waals surface area contributed by atoms with Crippen molar-refractivity contribution in [3.05, 3.63) is 101 Å². The van der Waals surface area contributed by atoms with E-state index in [2.05, 4.69) is 15.6 Å². The number of aromatic nitrogens is 1. The fourth-order valence-electron chi connectivity index (χ4n) is 5.36. The molecule has 4 N–H and O–H groups in total. The number of carbonyl (C=O) groups is 2. The molecule has 7 nitrogen and oxygen atoms in total. The van der Waals surface area contributed by atoms with Gasteiger partial charge in [0.05, 0.1) is 28.9 Å². The van der Waals surface area contributed by atoms with Crippen molar-refractivity contribution >= 4 is 28.4 Å². The van der Waals surface area contributed by atoms with Gasteiger partial charge in [-0.15, -0.1) is 0 Å². The summed E-state index contributed by atoms with van der Waals surface area (Å²) in [6.07, 6.45) is -2.11. The van der Waals surface area contributed by atoms with Crippen LogP contribution in [0.3, 0.4) is 0 Å². The fourth-order valence-corrected chi connectivity index (χ4v) is 5.36. The van der Waals surface area contributed by atoms with Gasteiger partial charge in [-0.1, -0.05) is 48.5 Å². The second-order valence-electron chi connectivity index (χ2n) is 10.7. The number of aliphatic hydroxyl groups is 1. The van der Waals surface area contributed by atoms with Crippen LogP contribution in [0.25, 0.3) is 10.9 Å². The van der Waals surface area contributed by atoms with Crippen LogP contribution in [0.5, 0.6) is 0 Å². The number of aromatic amines is 1. The van der Waals surface area contributed by atoms with Gasteiger partial charge in [-0.3, -0.25) is 9.59 Å². The Morgan fingerprint density at radius 2 is 1.83 bits per heavy atom. The minimum absolute atomic E-state index is 0.00494. The van der Waals surface area contributed by atoms with E-state index in [9.17, 15) is 27.9 Å². The van der Waals surface area contributed by atoms with Crippen LogP contribution >= 0.6 is 0 Å². The van der Waals surface area contributed by atoms with Gasteiger partial charge >= 0.3 is 6.18 Å². The lowest BCUT2D eigenvalue weighted by Crippen LogP contribution is -2.48. The van der Waals surface area contributed by atoms with Gasteiger partial charge < -0.3 is 25.6 Å². The van der Waals surface area contributed by atoms with E-state index in [0.29, 0.717) is 36.2 Å². The summed E-state index contributed by atoms with van der Waals surface area (Å²) in [5.74, 6) is -0.395. The van der Waals surface area contributed by atoms with Crippen LogP contribution in [0.4, 0.5) is 18.9 Å². The van der Waals surface area contributed by atoms with Crippen LogP contribution in [-0.4, -0.2) is 47.1 Å². The quantitative estimate of drug-likeness (QED) is 0.210. The zero-order chi connectivity index (χ0) is 29.9. The van der Waals surface area contributed by atoms with Crippen LogP contribution in [0, 0.1) is 6.92 Å². The van der Waals surface area contributed by atoms with Crippen molar-refractivity contribution in [3.63, 3.8) is 0 Å². The number of carbonyl (C=O) groups excluding carboxylic acids is 2. The standard InChI is InChI=1S/C32H33F3N4O3/c1-20-17-37-30-25(20)15-23(16-27(30)39-12-6-11-29(39)41)31(42)38-26(14-21-7-3-2-4-8-21)28(40)19-36-18-22-9-5-10-24(13-22)32(33,34)35/h2-5,7-10,13,15-17,26,28,36-37,40H,6,11-12,14,18-19H2,1H3,(H,38,42)/t26-,28+/m0/s1. The Bertz CT molecular complexity index is 1570. The van der Waals surface area contributed by atoms with E-state index in [1.165, 1.54) is 6.07 Å². The lowest BCUT2D eigenvalue weighted by molar-refractivity contribution is -0.137. The fraction of sp³-hybridized carbons (Fsp3) is 0.312. The maximum atomic E-state index is 13.6. The largest absolute Gasteiger partial charge is 0.416 e. The highest BCUT2D eigenvalue weighted by molar-refractivity contribution is 6.08. The SMILES string of the molecule is Cc1c[nH]c2c(N3CCCC3=O)cc(C(=O)N[C@@H](Cc3ccccc3)[C@H](O)CNCc3cccc(C(F)(F)F)c3)cc12. The first-order chi connectivity index (χ1) is 20.1. The van der Waals surface area contributed by atoms with E-state index in [0.717, 1.165) is 40.6 Å². The number of hydrogen-bond acceptors (Lipinski definition) is 4. The third-order valence-electron chi connectivity index (χ3n) is 7.62. The first kappa shape index (κ1) is 29.3. The van der Waals surface area contributed by atoms with Crippen molar-refractivity contribution in [1.82, 2.24) is 15.6 Å². The minimum Gasteiger partial charge on any atom is -0.390 e. The molecule has 2 heterocycles. The van der Waals surface area contributed by atoms with Gasteiger partial charge in [0.25, 0.3) is 5.91 Å². The molecule has 0 aliphatic carbocycles. The Morgan fingerprint density at radius 1 is 1.07 bits per heavy atom. The van der Waals surface area contributed by atoms with E-state index >= 15 is 0 Å². The van der Waals surface area contributed by atoms with Gasteiger partial charge in [0.1, 0.15) is 0 Å². The molecule has 1 saturated heterocycles. The summed E-state index contributed by atoms with van der Waals surface area (Å²) >= 11 is 0. The lowest BCUT2D eigenvalue weighted by atomic mass is 9.99. The summed E-state index contributed by atoms with van der Waals surface area (Å²) in [4.78, 5) is 31.1. The predicted octanol–water partition coefficient (Wildman–Crippen LogP) is 5.11. The van der Waals surface area contributed by atoms with Crippen molar-refractivity contribution in [2.24, 2.45) is 0 Å². The number of hydrogen-bond donors (Lipinski definition) is 4. The molecule has 0 radical (unpaired) electrons. The van der Waals surface area contributed by atoms with E-state index in [-0.39, 0.29) is 19.0 Å². The van der Waals surface area contributed by atoms with E-state index in [1.807, 2.05) is 43.5 Å². The lowest BCUT2D eigenvalue weighted by Gasteiger charge is -2.25. The summed E-state index contributed by atoms with van der Waals surface area (Å²) in [6, 6.07) is 17.2. The number of aryl methyl sites for hydroxylation is 1. The highest BCUT2D eigenvalue weighted by Gasteiger charge is 2.30. The van der Waals surface area contributed by atoms with Crippen LogP contribution in [0.2, 0.25) is 0 Å². The maximum absolute atomic E-state index is 13.6. The van der Waals surface area contributed by atoms with Gasteiger partial charge in [-0.2, -0.15) is 13.2 Å². The number of H-pyrrole nitrogens is 1. The van der Waals surface area contributed by atoms with E-state index in [1.54, 1.807) is 23.1 Å². The summed E-state index contributed by atoms with van der Waals surface area (Å²) in [7, 11) is 0. The molecule has 3 aromatic carbocycles. The van der Waals surface area contributed by atoms with Gasteiger partial charge in [-0.05, 0) is 54.7 Å². The summed E-state index contributed by atoms with van der Waals surface area (Å²) < 4.78 is 39.3. The monoisotopic (exact) mass is 578 g/mol. The Labute approximate surface area is 241 Å². The van der Waals surface area contributed by atoms with Crippen LogP contribution < -0.4 is 15.5 Å². The van der Waals surface area contributed by atoms with Gasteiger partial charge in [-0.25, -0.2) is 0 Å². The second-order valence-corrected chi connectivity index (χ2v) is 10.7. The molecule has 4 aromatic rings. The molecule has 0 spiro atoms. The molecule has 1 aliphatic rings. The van der Waals surface area contributed by atoms with Crippen LogP contribution in [0.1, 0.15) is 45.5 Å². The Balaban J connectivity index is 1.34. The molecule has 10 heteroatoms. The molecular weight excluding hydrogens is 545 g/mol. The molecule has 0 saturated carbocycles. The number of fused-ring (bicyclic) bond motifs is 1. The molecule has 5 rings (SSSR count). The smallest absolute Gasteiger partial charge is 0.390 e. The molecule has 1 aromatic heterocycles. The zero-order valence-electron chi connectivity index (χ0n) is 23.2. The average Bonchev–Trinajstić information content (AvgIpc) is 3.57. The summed E-state index contributed by atoms with van der Waals surface area (Å²) in [5, 5.41) is 18.0. The summed E-state index contributed by atoms with van der Waals surface area (Å²) in [5.41, 5.74) is 3.34. The van der Waals surface area contributed by atoms with Crippen LogP contribution in [-0.2, 0) is 23.9 Å². The Morgan fingerprint density at radius 3 is 2.55 bits per heavy atom. The minimum atomic E-state index is -4.44. The molecular formula is C32H33F3N4O3. The van der Waals surface area contributed by atoms with Crippen molar-refractivity contribution in [2.45, 2.75) is 51.1 Å². The first-order valence-corrected chi connectivity index (χ1v) is 13.9. The normalized spacial score (nSPS) is 15.3. The number of halogens is 3. The number of amides is 2. The molecule has 0 bridgehead atoms. The third-order valence-corrected chi connectivity index (χ3v) is 7.62. The molecule has 1 aliphatic heterocycles. The average molecular weight is 579 g/mol.